The molecule has 0 rings (SSSR count). The van der Waals surface area contributed by atoms with Crippen LogP contribution >= 0.6 is 0 Å². The summed E-state index contributed by atoms with van der Waals surface area (Å²) in [5.74, 6) is -0.448. The Labute approximate surface area is 90.4 Å². The van der Waals surface area contributed by atoms with Gasteiger partial charge in [0.25, 0.3) is 0 Å². The van der Waals surface area contributed by atoms with Crippen LogP contribution in [0.25, 0.3) is 0 Å². The molecule has 0 unspecified atom stereocenters. The summed E-state index contributed by atoms with van der Waals surface area (Å²) >= 11 is 0. The zero-order valence-electron chi connectivity index (χ0n) is 9.63. The molecule has 0 saturated heterocycles. The van der Waals surface area contributed by atoms with Gasteiger partial charge in [-0.15, -0.1) is 0 Å². The van der Waals surface area contributed by atoms with Gasteiger partial charge < -0.3 is 15.8 Å². The van der Waals surface area contributed by atoms with E-state index in [0.717, 1.165) is 0 Å². The topological polar surface area (TPSA) is 81.4 Å². The van der Waals surface area contributed by atoms with E-state index in [1.54, 1.807) is 20.8 Å². The van der Waals surface area contributed by atoms with Gasteiger partial charge in [-0.05, 0) is 20.8 Å². The largest absolute Gasteiger partial charge is 0.460 e. The van der Waals surface area contributed by atoms with Crippen molar-refractivity contribution in [3.05, 3.63) is 0 Å². The number of ether oxygens (including phenoxy) is 1. The molecule has 0 saturated carbocycles. The third kappa shape index (κ3) is 9.21. The number of hydrogen-bond donors (Lipinski definition) is 2. The molecule has 3 N–H and O–H groups in total. The highest BCUT2D eigenvalue weighted by Crippen LogP contribution is 2.07. The maximum atomic E-state index is 11.2. The van der Waals surface area contributed by atoms with Gasteiger partial charge in [-0.1, -0.05) is 0 Å². The first-order valence-electron chi connectivity index (χ1n) is 5.04. The van der Waals surface area contributed by atoms with Crippen molar-refractivity contribution in [2.75, 3.05) is 13.1 Å². The summed E-state index contributed by atoms with van der Waals surface area (Å²) in [5, 5.41) is 2.58. The molecule has 0 aromatic rings. The molecule has 0 atom stereocenters. The number of amides is 1. The summed E-state index contributed by atoms with van der Waals surface area (Å²) in [4.78, 5) is 22.2. The highest BCUT2D eigenvalue weighted by Gasteiger charge is 2.15. The average Bonchev–Trinajstić information content (AvgIpc) is 2.00. The molecule has 5 heteroatoms. The molecule has 15 heavy (non-hydrogen) atoms. The van der Waals surface area contributed by atoms with Crippen molar-refractivity contribution in [2.45, 2.75) is 39.2 Å². The predicted octanol–water partition coefficient (Wildman–Crippen LogP) is 0.183. The number of nitrogens with one attached hydrogen (secondary N) is 1. The van der Waals surface area contributed by atoms with Gasteiger partial charge in [-0.2, -0.15) is 0 Å². The summed E-state index contributed by atoms with van der Waals surface area (Å²) in [7, 11) is 0. The molecule has 0 radical (unpaired) electrons. The fourth-order valence-electron chi connectivity index (χ4n) is 0.916. The zero-order chi connectivity index (χ0) is 11.9. The van der Waals surface area contributed by atoms with Crippen molar-refractivity contribution in [1.29, 1.82) is 0 Å². The fraction of sp³-hybridized carbons (Fsp3) is 0.800. The van der Waals surface area contributed by atoms with E-state index in [2.05, 4.69) is 5.32 Å². The van der Waals surface area contributed by atoms with Crippen LogP contribution in [0.1, 0.15) is 33.6 Å². The molecule has 0 bridgehead atoms. The van der Waals surface area contributed by atoms with Gasteiger partial charge in [0.1, 0.15) is 5.60 Å². The average molecular weight is 216 g/mol. The first kappa shape index (κ1) is 13.9. The summed E-state index contributed by atoms with van der Waals surface area (Å²) in [5.41, 5.74) is 4.72. The highest BCUT2D eigenvalue weighted by atomic mass is 16.6. The lowest BCUT2D eigenvalue weighted by atomic mass is 10.2. The van der Waals surface area contributed by atoms with E-state index in [4.69, 9.17) is 10.5 Å². The van der Waals surface area contributed by atoms with Gasteiger partial charge in [-0.25, -0.2) is 0 Å². The maximum Gasteiger partial charge on any atom is 0.308 e. The molecular weight excluding hydrogens is 196 g/mol. The summed E-state index contributed by atoms with van der Waals surface area (Å²) in [6.45, 7) is 6.03. The van der Waals surface area contributed by atoms with E-state index >= 15 is 0 Å². The van der Waals surface area contributed by atoms with Crippen molar-refractivity contribution in [3.63, 3.8) is 0 Å². The molecule has 5 nitrogen and oxygen atoms in total. The lowest BCUT2D eigenvalue weighted by Crippen LogP contribution is -2.30. The Bertz CT molecular complexity index is 221. The minimum Gasteiger partial charge on any atom is -0.460 e. The van der Waals surface area contributed by atoms with Crippen LogP contribution in [0.4, 0.5) is 0 Å². The van der Waals surface area contributed by atoms with Crippen molar-refractivity contribution in [2.24, 2.45) is 5.73 Å². The Kier molecular flexibility index (Phi) is 5.93. The lowest BCUT2D eigenvalue weighted by Gasteiger charge is -2.19. The minimum atomic E-state index is -0.474. The fourth-order valence-corrected chi connectivity index (χ4v) is 0.916. The maximum absolute atomic E-state index is 11.2. The molecule has 0 aliphatic carbocycles. The van der Waals surface area contributed by atoms with Gasteiger partial charge >= 0.3 is 5.97 Å². The van der Waals surface area contributed by atoms with Crippen molar-refractivity contribution < 1.29 is 14.3 Å². The summed E-state index contributed by atoms with van der Waals surface area (Å²) in [6, 6.07) is 0. The van der Waals surface area contributed by atoms with E-state index < -0.39 is 5.60 Å². The second-order valence-electron chi connectivity index (χ2n) is 4.23. The minimum absolute atomic E-state index is 0.138. The monoisotopic (exact) mass is 216 g/mol. The van der Waals surface area contributed by atoms with Crippen LogP contribution in [-0.4, -0.2) is 30.6 Å². The molecule has 0 fully saturated rings. The van der Waals surface area contributed by atoms with E-state index in [1.807, 2.05) is 0 Å². The summed E-state index contributed by atoms with van der Waals surface area (Å²) < 4.78 is 5.06. The second kappa shape index (κ2) is 6.40. The molecule has 1 amide bonds. The Hall–Kier alpha value is -1.10. The van der Waals surface area contributed by atoms with Crippen LogP contribution in [0, 0.1) is 0 Å². The molecule has 0 aliphatic rings. The van der Waals surface area contributed by atoms with Gasteiger partial charge in [0.05, 0.1) is 6.42 Å². The van der Waals surface area contributed by atoms with E-state index in [-0.39, 0.29) is 24.7 Å². The molecule has 0 aromatic heterocycles. The standard InChI is InChI=1S/C10H20N2O3/c1-10(2,3)15-9(14)5-7-12-8(13)4-6-11/h4-7,11H2,1-3H3,(H,12,13). The Balaban J connectivity index is 3.60. The number of esters is 1. The molecular formula is C10H20N2O3. The number of carbonyl (C=O) groups excluding carboxylic acids is 2. The number of nitrogens with two attached hydrogens (primary N) is 1. The van der Waals surface area contributed by atoms with Crippen molar-refractivity contribution in [1.82, 2.24) is 5.32 Å². The first-order chi connectivity index (χ1) is 6.85. The Morgan fingerprint density at radius 3 is 2.33 bits per heavy atom. The molecule has 0 spiro atoms. The van der Waals surface area contributed by atoms with Crippen molar-refractivity contribution >= 4 is 11.9 Å². The number of rotatable bonds is 5. The first-order valence-corrected chi connectivity index (χ1v) is 5.04. The zero-order valence-corrected chi connectivity index (χ0v) is 9.63. The van der Waals surface area contributed by atoms with Gasteiger partial charge in [-0.3, -0.25) is 9.59 Å². The third-order valence-corrected chi connectivity index (χ3v) is 1.44. The molecule has 88 valence electrons. The molecule has 0 aliphatic heterocycles. The van der Waals surface area contributed by atoms with Crippen LogP contribution in [0.5, 0.6) is 0 Å². The summed E-state index contributed by atoms with van der Waals surface area (Å²) in [6.07, 6.45) is 0.474. The van der Waals surface area contributed by atoms with Crippen LogP contribution < -0.4 is 11.1 Å². The van der Waals surface area contributed by atoms with Gasteiger partial charge in [0, 0.05) is 19.5 Å². The van der Waals surface area contributed by atoms with Crippen molar-refractivity contribution in [3.8, 4) is 0 Å². The lowest BCUT2D eigenvalue weighted by molar-refractivity contribution is -0.154. The van der Waals surface area contributed by atoms with Crippen LogP contribution in [0.15, 0.2) is 0 Å². The molecule has 0 heterocycles. The van der Waals surface area contributed by atoms with Crippen LogP contribution in [0.3, 0.4) is 0 Å². The quantitative estimate of drug-likeness (QED) is 0.642. The second-order valence-corrected chi connectivity index (χ2v) is 4.23. The predicted molar refractivity (Wildman–Crippen MR) is 57.1 cm³/mol. The van der Waals surface area contributed by atoms with E-state index in [1.165, 1.54) is 0 Å². The Morgan fingerprint density at radius 1 is 1.27 bits per heavy atom. The number of carbonyl (C=O) groups is 2. The van der Waals surface area contributed by atoms with E-state index in [9.17, 15) is 9.59 Å². The Morgan fingerprint density at radius 2 is 1.87 bits per heavy atom. The smallest absolute Gasteiger partial charge is 0.308 e. The van der Waals surface area contributed by atoms with Crippen LogP contribution in [0.2, 0.25) is 0 Å². The number of hydrogen-bond acceptors (Lipinski definition) is 4. The highest BCUT2D eigenvalue weighted by molar-refractivity contribution is 5.77. The normalized spacial score (nSPS) is 10.9. The SMILES string of the molecule is CC(C)(C)OC(=O)CCNC(=O)CCN. The van der Waals surface area contributed by atoms with Gasteiger partial charge in [0.15, 0.2) is 0 Å². The van der Waals surface area contributed by atoms with Crippen LogP contribution in [-0.2, 0) is 14.3 Å². The third-order valence-electron chi connectivity index (χ3n) is 1.44. The van der Waals surface area contributed by atoms with Gasteiger partial charge in [0.2, 0.25) is 5.91 Å². The van der Waals surface area contributed by atoms with E-state index in [0.29, 0.717) is 13.1 Å². The molecule has 0 aromatic carbocycles.